The number of carboxylic acids is 4. The zero-order valence-corrected chi connectivity index (χ0v) is 60.9. The van der Waals surface area contributed by atoms with Gasteiger partial charge < -0.3 is 98.8 Å². The number of amides is 11. The summed E-state index contributed by atoms with van der Waals surface area (Å²) < 4.78 is 18.5. The van der Waals surface area contributed by atoms with Gasteiger partial charge in [0.2, 0.25) is 65.0 Å². The molecule has 4 rings (SSSR count). The van der Waals surface area contributed by atoms with E-state index in [4.69, 9.17) is 21.1 Å². The van der Waals surface area contributed by atoms with Gasteiger partial charge in [-0.2, -0.15) is 0 Å². The Kier molecular flexibility index (Phi) is 35.3. The highest BCUT2D eigenvalue weighted by Gasteiger charge is 2.44. The molecule has 105 heavy (non-hydrogen) atoms. The van der Waals surface area contributed by atoms with E-state index in [1.807, 2.05) is 0 Å². The molecule has 580 valence electrons. The first-order valence-corrected chi connectivity index (χ1v) is 37.5. The summed E-state index contributed by atoms with van der Waals surface area (Å²) in [6.45, 7) is 4.85. The lowest BCUT2D eigenvalue weighted by Gasteiger charge is -2.33. The largest absolute Gasteiger partial charge is 0.508 e. The number of phenolic OH excluding ortho intramolecular Hbond substituents is 1. The minimum Gasteiger partial charge on any atom is -0.508 e. The Labute approximate surface area is 609 Å². The van der Waals surface area contributed by atoms with Crippen molar-refractivity contribution < 1.29 is 116 Å². The monoisotopic (exact) mass is 1520 g/mol. The molecule has 0 radical (unpaired) electrons. The number of likely N-dealkylation sites (tertiary alicyclic amines) is 2. The number of aliphatic carboxylic acids is 4. The topological polar surface area (TPSA) is 576 Å². The van der Waals surface area contributed by atoms with E-state index in [9.17, 15) is 107 Å². The number of nitrogens with zero attached hydrogens (tertiary/aromatic N) is 2. The van der Waals surface area contributed by atoms with Crippen LogP contribution in [0.15, 0.2) is 48.5 Å². The number of primary amides is 1. The van der Waals surface area contributed by atoms with E-state index in [2.05, 4.69) is 42.5 Å². The molecule has 2 heterocycles. The van der Waals surface area contributed by atoms with Crippen molar-refractivity contribution in [3.8, 4) is 11.5 Å². The van der Waals surface area contributed by atoms with Gasteiger partial charge in [0.15, 0.2) is 5.78 Å². The number of aromatic hydroxyl groups is 1. The van der Waals surface area contributed by atoms with Crippen LogP contribution in [-0.4, -0.2) is 221 Å². The van der Waals surface area contributed by atoms with Gasteiger partial charge in [0.1, 0.15) is 72.4 Å². The Morgan fingerprint density at radius 1 is 0.552 bits per heavy atom. The third-order valence-corrected chi connectivity index (χ3v) is 20.4. The quantitative estimate of drug-likeness (QED) is 0.0305. The number of phenols is 1. The second-order valence-electron chi connectivity index (χ2n) is 26.2. The first-order valence-electron chi connectivity index (χ1n) is 34.4. The van der Waals surface area contributed by atoms with Crippen LogP contribution in [0.1, 0.15) is 154 Å². The molecule has 2 saturated heterocycles. The van der Waals surface area contributed by atoms with Crippen molar-refractivity contribution in [2.45, 2.75) is 205 Å². The smallest absolute Gasteiger partial charge is 0.438 e. The highest BCUT2D eigenvalue weighted by Crippen LogP contribution is 2.55. The number of nitrogens with two attached hydrogens (primary N) is 2. The lowest BCUT2D eigenvalue weighted by molar-refractivity contribution is -0.144. The van der Waals surface area contributed by atoms with Gasteiger partial charge in [0.05, 0.1) is 11.8 Å². The first kappa shape index (κ1) is 87.7. The fraction of sp³-hybridized carbons (Fsp3) is 0.582. The van der Waals surface area contributed by atoms with Crippen molar-refractivity contribution in [3.05, 3.63) is 59.7 Å². The molecule has 38 heteroatoms. The number of carboxylic acid groups (broad SMARTS) is 4. The van der Waals surface area contributed by atoms with Crippen molar-refractivity contribution in [1.82, 2.24) is 52.3 Å². The maximum absolute atomic E-state index is 14.9. The molecule has 36 nitrogen and oxygen atoms in total. The average Bonchev–Trinajstić information content (AvgIpc) is 1.68. The second-order valence-corrected chi connectivity index (χ2v) is 30.1. The normalized spacial score (nSPS) is 17.5. The summed E-state index contributed by atoms with van der Waals surface area (Å²) in [6, 6.07) is -5.15. The van der Waals surface area contributed by atoms with E-state index < -0.39 is 237 Å². The highest BCUT2D eigenvalue weighted by molar-refractivity contribution is 8.55. The maximum Gasteiger partial charge on any atom is 0.438 e. The van der Waals surface area contributed by atoms with E-state index >= 15 is 0 Å². The number of ketones is 1. The molecule has 0 aromatic heterocycles. The molecule has 18 N–H and O–H groups in total. The van der Waals surface area contributed by atoms with E-state index in [0.717, 1.165) is 4.90 Å². The molecule has 0 spiro atoms. The van der Waals surface area contributed by atoms with E-state index in [0.29, 0.717) is 6.42 Å². The van der Waals surface area contributed by atoms with Crippen molar-refractivity contribution >= 4 is 113 Å². The molecule has 0 saturated carbocycles. The molecule has 0 bridgehead atoms. The third kappa shape index (κ3) is 29.0. The van der Waals surface area contributed by atoms with Crippen LogP contribution in [0.5, 0.6) is 11.5 Å². The number of hydrogen-bond acceptors (Lipinski definition) is 21. The van der Waals surface area contributed by atoms with Crippen molar-refractivity contribution in [2.24, 2.45) is 29.2 Å². The number of carbonyl (C=O) groups is 16. The average molecular weight is 1520 g/mol. The van der Waals surface area contributed by atoms with Crippen molar-refractivity contribution in [3.63, 3.8) is 0 Å². The van der Waals surface area contributed by atoms with Crippen LogP contribution in [0.3, 0.4) is 0 Å². The number of rotatable bonds is 45. The predicted molar refractivity (Wildman–Crippen MR) is 375 cm³/mol. The van der Waals surface area contributed by atoms with Crippen LogP contribution >= 0.6 is 18.2 Å². The maximum atomic E-state index is 14.9. The Hall–Kier alpha value is -9.74. The Balaban J connectivity index is 1.68. The predicted octanol–water partition coefficient (Wildman–Crippen LogP) is -0.0681. The Morgan fingerprint density at radius 2 is 1.01 bits per heavy atom. The molecular weight excluding hydrogens is 1420 g/mol. The summed E-state index contributed by atoms with van der Waals surface area (Å²) in [4.78, 5) is 227. The van der Waals surface area contributed by atoms with Gasteiger partial charge in [-0.05, 0) is 129 Å². The number of nitrogens with one attached hydrogen (secondary N) is 8. The summed E-state index contributed by atoms with van der Waals surface area (Å²) >= 11 is 0.274. The lowest BCUT2D eigenvalue weighted by atomic mass is 9.95. The third-order valence-electron chi connectivity index (χ3n) is 17.6. The summed E-state index contributed by atoms with van der Waals surface area (Å²) in [6.07, 6.45) is -4.12. The summed E-state index contributed by atoms with van der Waals surface area (Å²) in [7, 11) is 0. The van der Waals surface area contributed by atoms with Gasteiger partial charge in [-0.25, -0.2) is 4.57 Å². The lowest BCUT2D eigenvalue weighted by Crippen LogP contribution is -2.61. The van der Waals surface area contributed by atoms with Gasteiger partial charge >= 0.3 is 30.7 Å². The summed E-state index contributed by atoms with van der Waals surface area (Å²) in [5, 5.41) is 67.6. The zero-order valence-electron chi connectivity index (χ0n) is 59.2. The van der Waals surface area contributed by atoms with Crippen molar-refractivity contribution in [1.29, 1.82) is 0 Å². The molecular formula is C67H97N12O24PS. The van der Waals surface area contributed by atoms with Crippen LogP contribution in [-0.2, 0) is 82.9 Å². The standard InChI is InChI=1S/C67H97N12O24PS/c1-7-36(5)56(65(98)75-46(31-35(3)4)58(91)70-33-55(89)90)76-64(97)49-12-10-30-79(49)67(100)57(37(6)8-2)77-61(94)45(24-28-54(87)88)71-59(92)44(23-27-53(85)86)72-62(95)47(32-38-13-19-41(20-14-38)103-104(101,102)105-34-50(81)39-15-17-40(80)18-16-39)74-60(93)43(22-25-51(69)82)73-63(96)48-11-9-29-78(48)66(99)42(68)21-26-52(83)84/h13-20,35-37,42-49,56-57,80H,7-12,21-34,68H2,1-6H3,(H2,69,82)(H,70,91)(H,71,92)(H,72,95)(H,73,96)(H,74,93)(H,75,98)(H,76,97)(H,77,94)(H,83,84)(H,85,86)(H,87,88)(H,89,90)(H,101,102)/t36-,37-,42-,43-,44-,45-,46-,47-,48-,49-,56-,57-/m0/s1. The van der Waals surface area contributed by atoms with Gasteiger partial charge in [-0.3, -0.25) is 76.7 Å². The van der Waals surface area contributed by atoms with Crippen LogP contribution in [0.4, 0.5) is 0 Å². The Bertz CT molecular complexity index is 3510. The number of hydrogen-bond donors (Lipinski definition) is 16. The Morgan fingerprint density at radius 3 is 1.51 bits per heavy atom. The minimum atomic E-state index is -4.64. The zero-order chi connectivity index (χ0) is 78.6. The molecule has 2 aliphatic rings. The van der Waals surface area contributed by atoms with Crippen LogP contribution in [0.25, 0.3) is 0 Å². The first-order chi connectivity index (χ1) is 49.3. The number of carbonyl (C=O) groups excluding carboxylic acids is 12. The highest BCUT2D eigenvalue weighted by atomic mass is 32.7. The van der Waals surface area contributed by atoms with Crippen LogP contribution in [0, 0.1) is 17.8 Å². The summed E-state index contributed by atoms with van der Waals surface area (Å²) in [5.74, 6) is -19.0. The molecule has 0 aliphatic carbocycles. The van der Waals surface area contributed by atoms with Gasteiger partial charge in [-0.1, -0.05) is 66.5 Å². The fourth-order valence-electron chi connectivity index (χ4n) is 11.4. The van der Waals surface area contributed by atoms with E-state index in [-0.39, 0.29) is 98.0 Å². The molecule has 2 fully saturated rings. The SMILES string of the molecule is CC[C@H](C)[C@H](NC(=O)[C@@H]1CCCN1C(=O)[C@@H](NC(=O)[C@H](CCC(=O)O)NC(=O)[C@H](CCC(=O)O)NC(=O)[C@H](Cc1ccc(OP(=O)(O)SCC(=O)c2ccc(O)cc2)cc1)NC(=O)[C@H](CCC(N)=O)NC(=O)[C@@H]1CCCN1C(=O)[C@@H](N)CCC(=O)O)[C@@H](C)CC)C(=O)N[C@@H](CC(C)C)C(=O)NCC(=O)O. The van der Waals surface area contributed by atoms with Crippen molar-refractivity contribution in [2.75, 3.05) is 25.4 Å². The van der Waals surface area contributed by atoms with E-state index in [1.165, 1.54) is 53.4 Å². The van der Waals surface area contributed by atoms with Gasteiger partial charge in [0, 0.05) is 50.8 Å². The van der Waals surface area contributed by atoms with Gasteiger partial charge in [0.25, 0.3) is 0 Å². The molecule has 2 aromatic carbocycles. The molecule has 11 amide bonds. The van der Waals surface area contributed by atoms with Crippen LogP contribution in [0.2, 0.25) is 0 Å². The molecule has 2 aromatic rings. The number of Topliss-reactive ketones (excluding diaryl/α,β-unsaturated/α-hetero) is 1. The second kappa shape index (κ2) is 42.3. The molecule has 1 unspecified atom stereocenters. The minimum absolute atomic E-state index is 0.00992. The van der Waals surface area contributed by atoms with E-state index in [1.54, 1.807) is 41.5 Å². The number of benzene rings is 2. The van der Waals surface area contributed by atoms with Crippen LogP contribution < -0.4 is 58.5 Å². The summed E-state index contributed by atoms with van der Waals surface area (Å²) in [5.41, 5.74) is 11.7. The fourth-order valence-corrected chi connectivity index (χ4v) is 13.6. The molecule has 13 atom stereocenters. The molecule has 2 aliphatic heterocycles. The van der Waals surface area contributed by atoms with Gasteiger partial charge in [-0.15, -0.1) is 0 Å².